The van der Waals surface area contributed by atoms with E-state index >= 15 is 0 Å². The highest BCUT2D eigenvalue weighted by Gasteiger charge is 2.27. The lowest BCUT2D eigenvalue weighted by molar-refractivity contribution is -0.123. The molecule has 0 aromatic carbocycles. The number of likely N-dealkylation sites (N-methyl/N-ethyl adjacent to an activating group) is 1. The van der Waals surface area contributed by atoms with Crippen molar-refractivity contribution in [2.24, 2.45) is 5.73 Å². The van der Waals surface area contributed by atoms with E-state index in [0.29, 0.717) is 0 Å². The minimum Gasteiger partial charge on any atom is -0.468 e. The number of carbonyl (C=O) groups is 1. The van der Waals surface area contributed by atoms with E-state index < -0.39 is 5.54 Å². The predicted molar refractivity (Wildman–Crippen MR) is 74.7 cm³/mol. The third kappa shape index (κ3) is 4.07. The Morgan fingerprint density at radius 1 is 1.56 bits per heavy atom. The minimum atomic E-state index is -0.587. The first-order valence-electron chi connectivity index (χ1n) is 6.15. The van der Waals surface area contributed by atoms with E-state index in [2.05, 4.69) is 5.32 Å². The van der Waals surface area contributed by atoms with Crippen molar-refractivity contribution in [2.45, 2.75) is 43.5 Å². The van der Waals surface area contributed by atoms with Crippen LogP contribution in [0.1, 0.15) is 31.9 Å². The smallest absolute Gasteiger partial charge is 0.237 e. The molecule has 102 valence electrons. The summed E-state index contributed by atoms with van der Waals surface area (Å²) in [6, 6.07) is 1.99. The van der Waals surface area contributed by atoms with E-state index in [1.807, 2.05) is 19.9 Å². The molecule has 0 fully saturated rings. The highest BCUT2D eigenvalue weighted by atomic mass is 32.2. The zero-order chi connectivity index (χ0) is 13.6. The van der Waals surface area contributed by atoms with Crippen LogP contribution >= 0.6 is 11.8 Å². The lowest BCUT2D eigenvalue weighted by atomic mass is 9.94. The summed E-state index contributed by atoms with van der Waals surface area (Å²) in [4.78, 5) is 12.5. The fourth-order valence-electron chi connectivity index (χ4n) is 1.66. The van der Waals surface area contributed by atoms with Gasteiger partial charge in [-0.15, -0.1) is 11.8 Å². The Morgan fingerprint density at radius 3 is 2.78 bits per heavy atom. The summed E-state index contributed by atoms with van der Waals surface area (Å²) >= 11 is 1.79. The first-order chi connectivity index (χ1) is 8.49. The van der Waals surface area contributed by atoms with Crippen molar-refractivity contribution in [1.29, 1.82) is 0 Å². The van der Waals surface area contributed by atoms with Crippen LogP contribution in [0.5, 0.6) is 0 Å². The van der Waals surface area contributed by atoms with Crippen molar-refractivity contribution in [3.05, 3.63) is 18.1 Å². The lowest BCUT2D eigenvalue weighted by Crippen LogP contribution is -2.51. The van der Waals surface area contributed by atoms with Crippen LogP contribution < -0.4 is 11.1 Å². The zero-order valence-electron chi connectivity index (χ0n) is 11.3. The molecule has 1 aromatic heterocycles. The summed E-state index contributed by atoms with van der Waals surface area (Å²) in [7, 11) is 1.77. The van der Waals surface area contributed by atoms with Crippen LogP contribution in [0.4, 0.5) is 0 Å². The number of furan rings is 1. The summed E-state index contributed by atoms with van der Waals surface area (Å²) in [5.74, 6) is 1.71. The number of amides is 1. The van der Waals surface area contributed by atoms with Gasteiger partial charge >= 0.3 is 0 Å². The zero-order valence-corrected chi connectivity index (χ0v) is 12.1. The van der Waals surface area contributed by atoms with Crippen LogP contribution in [0.15, 0.2) is 21.6 Å². The van der Waals surface area contributed by atoms with Crippen molar-refractivity contribution in [3.63, 3.8) is 0 Å². The van der Waals surface area contributed by atoms with E-state index in [0.717, 1.165) is 30.8 Å². The van der Waals surface area contributed by atoms with Crippen molar-refractivity contribution >= 4 is 17.7 Å². The lowest BCUT2D eigenvalue weighted by Gasteiger charge is -2.25. The Labute approximate surface area is 113 Å². The molecule has 1 amide bonds. The van der Waals surface area contributed by atoms with Gasteiger partial charge in [-0.25, -0.2) is 0 Å². The summed E-state index contributed by atoms with van der Waals surface area (Å²) in [6.07, 6.45) is 4.51. The molecule has 0 aliphatic carbocycles. The number of primary amides is 1. The monoisotopic (exact) mass is 270 g/mol. The van der Waals surface area contributed by atoms with Gasteiger partial charge in [0.25, 0.3) is 0 Å². The normalized spacial score (nSPS) is 14.4. The third-order valence-electron chi connectivity index (χ3n) is 3.24. The SMILES string of the molecule is CNC(C)(CCCCSc1ccoc1C)C(N)=O. The summed E-state index contributed by atoms with van der Waals surface area (Å²) in [5, 5.41) is 3.00. The number of hydrogen-bond acceptors (Lipinski definition) is 4. The number of nitrogens with two attached hydrogens (primary N) is 1. The van der Waals surface area contributed by atoms with Crippen LogP contribution in [-0.2, 0) is 4.79 Å². The topological polar surface area (TPSA) is 68.3 Å². The second-order valence-electron chi connectivity index (χ2n) is 4.59. The number of nitrogens with one attached hydrogen (secondary N) is 1. The van der Waals surface area contributed by atoms with Gasteiger partial charge in [0, 0.05) is 4.90 Å². The van der Waals surface area contributed by atoms with Gasteiger partial charge < -0.3 is 15.5 Å². The highest BCUT2D eigenvalue weighted by molar-refractivity contribution is 7.99. The standard InChI is InChI=1S/C13H22N2O2S/c1-10-11(6-8-17-10)18-9-5-4-7-13(2,15-3)12(14)16/h6,8,15H,4-5,7,9H2,1-3H3,(H2,14,16). The second kappa shape index (κ2) is 6.85. The Bertz CT molecular complexity index is 392. The molecule has 1 atom stereocenters. The molecule has 5 heteroatoms. The predicted octanol–water partition coefficient (Wildman–Crippen LogP) is 2.31. The number of hydrogen-bond donors (Lipinski definition) is 2. The van der Waals surface area contributed by atoms with Crippen LogP contribution in [-0.4, -0.2) is 24.2 Å². The van der Waals surface area contributed by atoms with Crippen LogP contribution in [0, 0.1) is 6.92 Å². The Hall–Kier alpha value is -0.940. The number of aryl methyl sites for hydroxylation is 1. The van der Waals surface area contributed by atoms with Gasteiger partial charge in [-0.1, -0.05) is 6.42 Å². The van der Waals surface area contributed by atoms with Crippen LogP contribution in [0.3, 0.4) is 0 Å². The highest BCUT2D eigenvalue weighted by Crippen LogP contribution is 2.24. The van der Waals surface area contributed by atoms with Crippen molar-refractivity contribution < 1.29 is 9.21 Å². The number of thioether (sulfide) groups is 1. The molecular formula is C13H22N2O2S. The number of rotatable bonds is 8. The molecule has 1 rings (SSSR count). The maximum atomic E-state index is 11.3. The molecule has 0 radical (unpaired) electrons. The fraction of sp³-hybridized carbons (Fsp3) is 0.615. The van der Waals surface area contributed by atoms with Gasteiger partial charge in [-0.05, 0) is 45.6 Å². The molecule has 0 saturated heterocycles. The Balaban J connectivity index is 2.23. The average Bonchev–Trinajstić information content (AvgIpc) is 2.74. The molecular weight excluding hydrogens is 248 g/mol. The van der Waals surface area contributed by atoms with E-state index in [1.165, 1.54) is 4.90 Å². The molecule has 1 unspecified atom stereocenters. The molecule has 1 heterocycles. The van der Waals surface area contributed by atoms with Crippen molar-refractivity contribution in [1.82, 2.24) is 5.32 Å². The van der Waals surface area contributed by atoms with Gasteiger partial charge in [-0.2, -0.15) is 0 Å². The molecule has 0 bridgehead atoms. The fourth-order valence-corrected chi connectivity index (χ4v) is 2.63. The van der Waals surface area contributed by atoms with Crippen LogP contribution in [0.2, 0.25) is 0 Å². The van der Waals surface area contributed by atoms with E-state index in [9.17, 15) is 4.79 Å². The van der Waals surface area contributed by atoms with E-state index in [-0.39, 0.29) is 5.91 Å². The first kappa shape index (κ1) is 15.1. The molecule has 0 saturated carbocycles. The van der Waals surface area contributed by atoms with Gasteiger partial charge in [0.05, 0.1) is 11.8 Å². The number of unbranched alkanes of at least 4 members (excludes halogenated alkanes) is 1. The maximum absolute atomic E-state index is 11.3. The Kier molecular flexibility index (Phi) is 5.75. The summed E-state index contributed by atoms with van der Waals surface area (Å²) < 4.78 is 5.23. The molecule has 0 spiro atoms. The third-order valence-corrected chi connectivity index (χ3v) is 4.46. The summed E-state index contributed by atoms with van der Waals surface area (Å²) in [6.45, 7) is 3.82. The van der Waals surface area contributed by atoms with Gasteiger partial charge in [-0.3, -0.25) is 4.79 Å². The largest absolute Gasteiger partial charge is 0.468 e. The van der Waals surface area contributed by atoms with Gasteiger partial charge in [0.1, 0.15) is 5.76 Å². The number of carbonyl (C=O) groups excluding carboxylic acids is 1. The Morgan fingerprint density at radius 2 is 2.28 bits per heavy atom. The van der Waals surface area contributed by atoms with Crippen LogP contribution in [0.25, 0.3) is 0 Å². The first-order valence-corrected chi connectivity index (χ1v) is 7.14. The molecule has 4 nitrogen and oxygen atoms in total. The molecule has 0 aliphatic heterocycles. The van der Waals surface area contributed by atoms with Crippen molar-refractivity contribution in [2.75, 3.05) is 12.8 Å². The minimum absolute atomic E-state index is 0.289. The quantitative estimate of drug-likeness (QED) is 0.562. The summed E-state index contributed by atoms with van der Waals surface area (Å²) in [5.41, 5.74) is 4.79. The second-order valence-corrected chi connectivity index (χ2v) is 5.73. The molecule has 3 N–H and O–H groups in total. The molecule has 1 aromatic rings. The average molecular weight is 270 g/mol. The van der Waals surface area contributed by atoms with E-state index in [4.69, 9.17) is 10.2 Å². The van der Waals surface area contributed by atoms with Gasteiger partial charge in [0.2, 0.25) is 5.91 Å². The van der Waals surface area contributed by atoms with E-state index in [1.54, 1.807) is 25.1 Å². The molecule has 18 heavy (non-hydrogen) atoms. The molecule has 0 aliphatic rings. The van der Waals surface area contributed by atoms with Gasteiger partial charge in [0.15, 0.2) is 0 Å². The van der Waals surface area contributed by atoms with Crippen molar-refractivity contribution in [3.8, 4) is 0 Å². The maximum Gasteiger partial charge on any atom is 0.237 e.